The maximum absolute atomic E-state index is 10.4. The fourth-order valence-electron chi connectivity index (χ4n) is 0.0745. The van der Waals surface area contributed by atoms with Crippen molar-refractivity contribution < 1.29 is 32.5 Å². The summed E-state index contributed by atoms with van der Waals surface area (Å²) in [6.07, 6.45) is 0. The molecule has 0 amide bonds. The largest absolute Gasteiger partial charge is 1.00 e. The van der Waals surface area contributed by atoms with Crippen LogP contribution in [0, 0.1) is 6.66 Å². The fraction of sp³-hybridized carbons (Fsp3) is 0.667. The van der Waals surface area contributed by atoms with E-state index in [2.05, 4.69) is 15.7 Å². The van der Waals surface area contributed by atoms with Crippen LogP contribution in [0.2, 0.25) is 0 Å². The molecule has 0 spiro atoms. The Morgan fingerprint density at radius 1 is 1.38 bits per heavy atom. The molecule has 0 saturated carbocycles. The van der Waals surface area contributed by atoms with Crippen LogP contribution in [-0.2, 0) is 13.6 Å². The van der Waals surface area contributed by atoms with Gasteiger partial charge in [0.25, 0.3) is 0 Å². The van der Waals surface area contributed by atoms with Crippen LogP contribution in [0.4, 0.5) is 0 Å². The van der Waals surface area contributed by atoms with E-state index in [-0.39, 0.29) is 18.9 Å². The molecule has 0 saturated heterocycles. The number of hydrogen-bond donors (Lipinski definition) is 0. The molecule has 3 nitrogen and oxygen atoms in total. The van der Waals surface area contributed by atoms with Crippen molar-refractivity contribution in [3.05, 3.63) is 6.66 Å². The molecule has 0 atom stereocenters. The summed E-state index contributed by atoms with van der Waals surface area (Å²) in [5.74, 6) is 0. The maximum atomic E-state index is 10.4. The molecule has 0 radical (unpaired) electrons. The SMILES string of the molecule is [CH2-]P(=O)(OC)OC.[Li+]. The summed E-state index contributed by atoms with van der Waals surface area (Å²) in [7, 11) is -0.326. The summed E-state index contributed by atoms with van der Waals surface area (Å²) < 4.78 is 19.0. The second-order valence-corrected chi connectivity index (χ2v) is 2.93. The van der Waals surface area contributed by atoms with E-state index >= 15 is 0 Å². The Morgan fingerprint density at radius 3 is 1.62 bits per heavy atom. The van der Waals surface area contributed by atoms with Crippen LogP contribution in [0.1, 0.15) is 0 Å². The van der Waals surface area contributed by atoms with Crippen LogP contribution in [0.5, 0.6) is 0 Å². The first-order valence-corrected chi connectivity index (χ1v) is 3.41. The summed E-state index contributed by atoms with van der Waals surface area (Å²) in [4.78, 5) is 0. The molecule has 0 N–H and O–H groups in total. The van der Waals surface area contributed by atoms with E-state index in [9.17, 15) is 4.57 Å². The molecule has 8 heavy (non-hydrogen) atoms. The first kappa shape index (κ1) is 11.5. The van der Waals surface area contributed by atoms with Crippen LogP contribution in [0.15, 0.2) is 0 Å². The molecule has 5 heteroatoms. The Balaban J connectivity index is 0. The zero-order valence-corrected chi connectivity index (χ0v) is 6.27. The van der Waals surface area contributed by atoms with Gasteiger partial charge in [-0.3, -0.25) is 4.57 Å². The van der Waals surface area contributed by atoms with E-state index < -0.39 is 7.60 Å². The van der Waals surface area contributed by atoms with Crippen molar-refractivity contribution in [3.63, 3.8) is 0 Å². The van der Waals surface area contributed by atoms with Crippen LogP contribution in [0.3, 0.4) is 0 Å². The van der Waals surface area contributed by atoms with Gasteiger partial charge in [0, 0.05) is 14.2 Å². The summed E-state index contributed by atoms with van der Waals surface area (Å²) in [6.45, 7) is 3.12. The third kappa shape index (κ3) is 4.90. The Bertz CT molecular complexity index is 86.5. The summed E-state index contributed by atoms with van der Waals surface area (Å²) in [6, 6.07) is 0. The van der Waals surface area contributed by atoms with Gasteiger partial charge in [0.15, 0.2) is 7.60 Å². The van der Waals surface area contributed by atoms with Crippen LogP contribution in [-0.4, -0.2) is 14.2 Å². The Labute approximate surface area is 61.5 Å². The van der Waals surface area contributed by atoms with E-state index in [1.54, 1.807) is 0 Å². The van der Waals surface area contributed by atoms with Crippen LogP contribution < -0.4 is 18.9 Å². The molecule has 0 aromatic carbocycles. The first-order valence-electron chi connectivity index (χ1n) is 1.68. The summed E-state index contributed by atoms with van der Waals surface area (Å²) >= 11 is 0. The van der Waals surface area contributed by atoms with Crippen molar-refractivity contribution in [2.24, 2.45) is 0 Å². The normalized spacial score (nSPS) is 10.4. The Hall–Kier alpha value is 0.747. The van der Waals surface area contributed by atoms with Crippen molar-refractivity contribution in [2.45, 2.75) is 0 Å². The van der Waals surface area contributed by atoms with Gasteiger partial charge in [-0.05, 0) is 0 Å². The first-order chi connectivity index (χ1) is 3.12. The molecule has 0 aliphatic rings. The molecule has 0 aliphatic heterocycles. The third-order valence-corrected chi connectivity index (χ3v) is 1.67. The average molecular weight is 130 g/mol. The van der Waals surface area contributed by atoms with Crippen molar-refractivity contribution in [2.75, 3.05) is 14.2 Å². The van der Waals surface area contributed by atoms with E-state index in [0.29, 0.717) is 0 Å². The van der Waals surface area contributed by atoms with Gasteiger partial charge in [0.05, 0.1) is 0 Å². The Morgan fingerprint density at radius 2 is 1.62 bits per heavy atom. The quantitative estimate of drug-likeness (QED) is 0.253. The second-order valence-electron chi connectivity index (χ2n) is 0.976. The minimum absolute atomic E-state index is 0. The van der Waals surface area contributed by atoms with Crippen molar-refractivity contribution in [3.8, 4) is 0 Å². The van der Waals surface area contributed by atoms with Gasteiger partial charge in [-0.2, -0.15) is 0 Å². The zero-order valence-electron chi connectivity index (χ0n) is 5.38. The average Bonchev–Trinajstić information content (AvgIpc) is 1.68. The second kappa shape index (κ2) is 4.61. The van der Waals surface area contributed by atoms with Crippen molar-refractivity contribution >= 4 is 7.60 Å². The smallest absolute Gasteiger partial charge is 0.335 e. The summed E-state index contributed by atoms with van der Waals surface area (Å²) in [5, 5.41) is 0. The van der Waals surface area contributed by atoms with Gasteiger partial charge in [-0.25, -0.2) is 6.66 Å². The van der Waals surface area contributed by atoms with E-state index in [4.69, 9.17) is 0 Å². The number of hydrogen-bond acceptors (Lipinski definition) is 3. The molecule has 0 bridgehead atoms. The van der Waals surface area contributed by atoms with Gasteiger partial charge in [-0.1, -0.05) is 0 Å². The van der Waals surface area contributed by atoms with Gasteiger partial charge in [0.2, 0.25) is 0 Å². The molecule has 0 heterocycles. The molecular formula is C3H8LiO3P. The van der Waals surface area contributed by atoms with Crippen LogP contribution >= 0.6 is 7.60 Å². The monoisotopic (exact) mass is 130 g/mol. The Kier molecular flexibility index (Phi) is 6.65. The van der Waals surface area contributed by atoms with Crippen molar-refractivity contribution in [1.29, 1.82) is 0 Å². The molecule has 0 aromatic rings. The molecule has 0 aliphatic carbocycles. The molecular weight excluding hydrogens is 122 g/mol. The number of rotatable bonds is 2. The molecule has 0 aromatic heterocycles. The molecule has 0 unspecified atom stereocenters. The molecule has 0 fully saturated rings. The maximum Gasteiger partial charge on any atom is 1.00 e. The van der Waals surface area contributed by atoms with E-state index in [1.807, 2.05) is 0 Å². The van der Waals surface area contributed by atoms with Crippen LogP contribution in [0.25, 0.3) is 0 Å². The van der Waals surface area contributed by atoms with E-state index in [0.717, 1.165) is 0 Å². The van der Waals surface area contributed by atoms with Crippen molar-refractivity contribution in [1.82, 2.24) is 0 Å². The third-order valence-electron chi connectivity index (χ3n) is 0.556. The minimum Gasteiger partial charge on any atom is -0.335 e. The van der Waals surface area contributed by atoms with E-state index in [1.165, 1.54) is 14.2 Å². The standard InChI is InChI=1S/C3H8O3P.Li/c1-5-7(3,4)6-2;/h3H2,1-2H3;/q-1;+1. The molecule has 0 rings (SSSR count). The fourth-order valence-corrected chi connectivity index (χ4v) is 0.224. The summed E-state index contributed by atoms with van der Waals surface area (Å²) in [5.41, 5.74) is 0. The predicted octanol–water partition coefficient (Wildman–Crippen LogP) is -1.73. The predicted molar refractivity (Wildman–Crippen MR) is 27.0 cm³/mol. The zero-order chi connectivity index (χ0) is 5.91. The van der Waals surface area contributed by atoms with Gasteiger partial charge < -0.3 is 9.05 Å². The molecule has 44 valence electrons. The minimum atomic E-state index is -2.90. The van der Waals surface area contributed by atoms with Gasteiger partial charge >= 0.3 is 18.9 Å². The van der Waals surface area contributed by atoms with Gasteiger partial charge in [0.1, 0.15) is 0 Å². The van der Waals surface area contributed by atoms with Gasteiger partial charge in [-0.15, -0.1) is 0 Å². The topological polar surface area (TPSA) is 35.5 Å².